The lowest BCUT2D eigenvalue weighted by atomic mass is 10.1. The van der Waals surface area contributed by atoms with Crippen LogP contribution >= 0.6 is 0 Å². The van der Waals surface area contributed by atoms with Crippen molar-refractivity contribution in [3.63, 3.8) is 0 Å². The molecule has 1 aromatic carbocycles. The smallest absolute Gasteiger partial charge is 0.413 e. The number of carbonyl (C=O) groups excluding carboxylic acids is 2. The molecular weight excluding hydrogens is 358 g/mol. The average molecular weight is 386 g/mol. The van der Waals surface area contributed by atoms with Gasteiger partial charge in [-0.3, -0.25) is 10.1 Å². The topological polar surface area (TPSA) is 109 Å². The van der Waals surface area contributed by atoms with Crippen LogP contribution in [0.2, 0.25) is 0 Å². The number of nitrogens with one attached hydrogen (secondary N) is 1. The number of sulfonamides is 1. The molecule has 0 saturated heterocycles. The van der Waals surface area contributed by atoms with E-state index in [1.54, 1.807) is 50.4 Å². The zero-order chi connectivity index (χ0) is 19.9. The average Bonchev–Trinajstić information content (AvgIpc) is 2.62. The molecule has 0 aliphatic rings. The first-order chi connectivity index (χ1) is 12.2. The van der Waals surface area contributed by atoms with Gasteiger partial charge in [0.2, 0.25) is 10.0 Å². The van der Waals surface area contributed by atoms with Gasteiger partial charge in [-0.15, -0.1) is 0 Å². The fourth-order valence-corrected chi connectivity index (χ4v) is 4.01. The normalized spacial score (nSPS) is 13.9. The highest BCUT2D eigenvalue weighted by atomic mass is 32.2. The SMILES string of the molecule is CCN(CC)S(=O)(=O)c1ccc([C@@H](C)[NH2+][C@H](C)C(=O)NC(=O)OC)cc1. The van der Waals surface area contributed by atoms with Crippen molar-refractivity contribution in [2.45, 2.75) is 44.7 Å². The Balaban J connectivity index is 2.82. The number of nitrogens with zero attached hydrogens (tertiary/aromatic N) is 1. The molecule has 9 heteroatoms. The number of rotatable bonds is 8. The van der Waals surface area contributed by atoms with Crippen LogP contribution in [0.3, 0.4) is 0 Å². The van der Waals surface area contributed by atoms with Gasteiger partial charge in [-0.05, 0) is 26.0 Å². The number of imide groups is 1. The number of hydrogen-bond acceptors (Lipinski definition) is 5. The summed E-state index contributed by atoms with van der Waals surface area (Å²) in [6, 6.07) is 6.02. The number of methoxy groups -OCH3 is 1. The highest BCUT2D eigenvalue weighted by molar-refractivity contribution is 7.89. The summed E-state index contributed by atoms with van der Waals surface area (Å²) in [5.74, 6) is -0.454. The second kappa shape index (κ2) is 9.65. The number of quaternary nitrogens is 1. The van der Waals surface area contributed by atoms with Gasteiger partial charge in [0.25, 0.3) is 5.91 Å². The van der Waals surface area contributed by atoms with E-state index in [0.29, 0.717) is 13.1 Å². The minimum atomic E-state index is -3.49. The maximum absolute atomic E-state index is 12.5. The molecule has 1 aromatic rings. The zero-order valence-electron chi connectivity index (χ0n) is 15.9. The molecular formula is C17H28N3O5S+. The Labute approximate surface area is 155 Å². The summed E-state index contributed by atoms with van der Waals surface area (Å²) < 4.78 is 30.8. The predicted molar refractivity (Wildman–Crippen MR) is 96.9 cm³/mol. The van der Waals surface area contributed by atoms with Crippen molar-refractivity contribution >= 4 is 22.0 Å². The maximum Gasteiger partial charge on any atom is 0.413 e. The maximum atomic E-state index is 12.5. The Morgan fingerprint density at radius 2 is 1.69 bits per heavy atom. The van der Waals surface area contributed by atoms with Crippen molar-refractivity contribution < 1.29 is 28.1 Å². The Morgan fingerprint density at radius 3 is 2.15 bits per heavy atom. The Bertz CT molecular complexity index is 714. The molecule has 0 fully saturated rings. The highest BCUT2D eigenvalue weighted by Gasteiger charge is 2.24. The van der Waals surface area contributed by atoms with Gasteiger partial charge in [0.05, 0.1) is 12.0 Å². The summed E-state index contributed by atoms with van der Waals surface area (Å²) in [6.07, 6.45) is -0.797. The van der Waals surface area contributed by atoms with Crippen LogP contribution in [0.25, 0.3) is 0 Å². The van der Waals surface area contributed by atoms with E-state index in [1.807, 2.05) is 6.92 Å². The molecule has 2 amide bonds. The van der Waals surface area contributed by atoms with E-state index in [2.05, 4.69) is 10.1 Å². The van der Waals surface area contributed by atoms with Crippen LogP contribution in [0, 0.1) is 0 Å². The summed E-state index contributed by atoms with van der Waals surface area (Å²) in [4.78, 5) is 23.2. The van der Waals surface area contributed by atoms with Gasteiger partial charge >= 0.3 is 6.09 Å². The molecule has 0 bridgehead atoms. The molecule has 0 saturated carbocycles. The Hall–Kier alpha value is -1.97. The molecule has 8 nitrogen and oxygen atoms in total. The first-order valence-corrected chi connectivity index (χ1v) is 9.95. The second-order valence-corrected chi connectivity index (χ2v) is 7.85. The third kappa shape index (κ3) is 5.52. The Kier molecular flexibility index (Phi) is 8.19. The summed E-state index contributed by atoms with van der Waals surface area (Å²) in [5, 5.41) is 3.91. The second-order valence-electron chi connectivity index (χ2n) is 5.91. The molecule has 26 heavy (non-hydrogen) atoms. The van der Waals surface area contributed by atoms with Gasteiger partial charge in [-0.1, -0.05) is 26.0 Å². The number of benzene rings is 1. The molecule has 0 heterocycles. The number of ether oxygens (including phenoxy) is 1. The molecule has 1 rings (SSSR count). The molecule has 0 spiro atoms. The van der Waals surface area contributed by atoms with E-state index in [-0.39, 0.29) is 10.9 Å². The predicted octanol–water partition coefficient (Wildman–Crippen LogP) is 0.613. The van der Waals surface area contributed by atoms with Crippen molar-refractivity contribution in [1.82, 2.24) is 9.62 Å². The lowest BCUT2D eigenvalue weighted by Crippen LogP contribution is -2.92. The molecule has 3 N–H and O–H groups in total. The minimum absolute atomic E-state index is 0.0985. The summed E-state index contributed by atoms with van der Waals surface area (Å²) in [6.45, 7) is 8.00. The molecule has 146 valence electrons. The zero-order valence-corrected chi connectivity index (χ0v) is 16.7. The fourth-order valence-electron chi connectivity index (χ4n) is 2.55. The lowest BCUT2D eigenvalue weighted by Gasteiger charge is -2.19. The van der Waals surface area contributed by atoms with Gasteiger partial charge in [0.15, 0.2) is 6.04 Å². The largest absolute Gasteiger partial charge is 0.453 e. The van der Waals surface area contributed by atoms with Gasteiger partial charge in [-0.25, -0.2) is 13.2 Å². The van der Waals surface area contributed by atoms with Crippen LogP contribution in [-0.2, 0) is 19.6 Å². The highest BCUT2D eigenvalue weighted by Crippen LogP contribution is 2.18. The monoisotopic (exact) mass is 386 g/mol. The number of carbonyl (C=O) groups is 2. The van der Waals surface area contributed by atoms with Gasteiger partial charge in [-0.2, -0.15) is 4.31 Å². The molecule has 0 aliphatic heterocycles. The van der Waals surface area contributed by atoms with Crippen LogP contribution in [0.15, 0.2) is 29.2 Å². The molecule has 0 aromatic heterocycles. The third-order valence-electron chi connectivity index (χ3n) is 4.15. The standard InChI is InChI=1S/C17H27N3O5S/c1-6-20(7-2)26(23,24)15-10-8-14(9-11-15)12(3)18-13(4)16(21)19-17(22)25-5/h8-13,18H,6-7H2,1-5H3,(H,19,21,22)/p+1/t12-,13-/m1/s1. The molecule has 2 atom stereocenters. The van der Waals surface area contributed by atoms with Gasteiger partial charge < -0.3 is 10.1 Å². The van der Waals surface area contributed by atoms with Crippen molar-refractivity contribution in [2.24, 2.45) is 0 Å². The summed E-state index contributed by atoms with van der Waals surface area (Å²) in [5.41, 5.74) is 0.876. The van der Waals surface area contributed by atoms with E-state index in [4.69, 9.17) is 0 Å². The lowest BCUT2D eigenvalue weighted by molar-refractivity contribution is -0.710. The number of hydrogen-bond donors (Lipinski definition) is 2. The number of alkyl carbamates (subject to hydrolysis) is 1. The Morgan fingerprint density at radius 1 is 1.15 bits per heavy atom. The van der Waals surface area contributed by atoms with E-state index in [1.165, 1.54) is 11.4 Å². The van der Waals surface area contributed by atoms with Crippen LogP contribution < -0.4 is 10.6 Å². The van der Waals surface area contributed by atoms with Crippen LogP contribution in [-0.4, -0.2) is 51.0 Å². The summed E-state index contributed by atoms with van der Waals surface area (Å²) in [7, 11) is -2.30. The summed E-state index contributed by atoms with van der Waals surface area (Å²) >= 11 is 0. The fraction of sp³-hybridized carbons (Fsp3) is 0.529. The first-order valence-electron chi connectivity index (χ1n) is 8.51. The van der Waals surface area contributed by atoms with Gasteiger partial charge in [0.1, 0.15) is 6.04 Å². The molecule has 0 aliphatic carbocycles. The van der Waals surface area contributed by atoms with Crippen molar-refractivity contribution in [3.05, 3.63) is 29.8 Å². The van der Waals surface area contributed by atoms with Crippen LogP contribution in [0.4, 0.5) is 4.79 Å². The molecule has 0 radical (unpaired) electrons. The van der Waals surface area contributed by atoms with E-state index >= 15 is 0 Å². The van der Waals surface area contributed by atoms with Crippen molar-refractivity contribution in [2.75, 3.05) is 20.2 Å². The molecule has 0 unspecified atom stereocenters. The van der Waals surface area contributed by atoms with Crippen LogP contribution in [0.5, 0.6) is 0 Å². The van der Waals surface area contributed by atoms with Crippen molar-refractivity contribution in [1.29, 1.82) is 0 Å². The third-order valence-corrected chi connectivity index (χ3v) is 6.21. The number of nitrogens with two attached hydrogens (primary N) is 1. The van der Waals surface area contributed by atoms with Crippen LogP contribution in [0.1, 0.15) is 39.3 Å². The van der Waals surface area contributed by atoms with Crippen molar-refractivity contribution in [3.8, 4) is 0 Å². The van der Waals surface area contributed by atoms with E-state index in [0.717, 1.165) is 5.56 Å². The van der Waals surface area contributed by atoms with E-state index in [9.17, 15) is 18.0 Å². The van der Waals surface area contributed by atoms with E-state index < -0.39 is 28.1 Å². The minimum Gasteiger partial charge on any atom is -0.453 e. The number of amides is 2. The first kappa shape index (κ1) is 22.1. The van der Waals surface area contributed by atoms with Gasteiger partial charge in [0, 0.05) is 18.7 Å². The quantitative estimate of drug-likeness (QED) is 0.680.